The van der Waals surface area contributed by atoms with Crippen molar-refractivity contribution in [3.63, 3.8) is 0 Å². The molecule has 1 aliphatic heterocycles. The molecule has 10 heteroatoms. The third kappa shape index (κ3) is 18.1. The number of ether oxygens (including phenoxy) is 4. The summed E-state index contributed by atoms with van der Waals surface area (Å²) in [4.78, 5) is 1.29. The molecule has 1 aromatic rings. The fourth-order valence-corrected chi connectivity index (χ4v) is 8.94. The molecule has 1 N–H and O–H groups in total. The Labute approximate surface area is 283 Å². The minimum absolute atomic E-state index is 0. The Kier molecular flexibility index (Phi) is 21.1. The van der Waals surface area contributed by atoms with Crippen molar-refractivity contribution in [3.8, 4) is 5.75 Å². The summed E-state index contributed by atoms with van der Waals surface area (Å²) in [7, 11) is -1.08. The summed E-state index contributed by atoms with van der Waals surface area (Å²) in [5.41, 5.74) is 2.80. The van der Waals surface area contributed by atoms with Gasteiger partial charge in [-0.25, -0.2) is 0 Å². The van der Waals surface area contributed by atoms with Crippen LogP contribution in [0.3, 0.4) is 0 Å². The van der Waals surface area contributed by atoms with Crippen LogP contribution in [0.2, 0.25) is 26.2 Å². The van der Waals surface area contributed by atoms with E-state index >= 15 is 0 Å². The van der Waals surface area contributed by atoms with Gasteiger partial charge in [-0.15, -0.1) is 0 Å². The van der Waals surface area contributed by atoms with Gasteiger partial charge in [0.1, 0.15) is 19.6 Å². The summed E-state index contributed by atoms with van der Waals surface area (Å²) < 4.78 is 27.1. The third-order valence-electron chi connectivity index (χ3n) is 6.19. The number of quaternary nitrogens is 1. The van der Waals surface area contributed by atoms with Gasteiger partial charge in [-0.2, -0.15) is 0 Å². The SMILES string of the molecule is CC(C)(C)c1cc(C[NH+]2CCOCCOCCOCCOCC2)c([O-])c(C(C)(C)C)c1.C[SiH](C)[N-][SiH](C)C.[Ba+2]. The molecule has 0 aliphatic carbocycles. The van der Waals surface area contributed by atoms with E-state index in [-0.39, 0.29) is 65.5 Å². The van der Waals surface area contributed by atoms with Gasteiger partial charge in [-0.3, -0.25) is 0 Å². The van der Waals surface area contributed by atoms with Gasteiger partial charge >= 0.3 is 48.9 Å². The van der Waals surface area contributed by atoms with Gasteiger partial charge in [-0.1, -0.05) is 104 Å². The van der Waals surface area contributed by atoms with Crippen LogP contribution in [-0.2, 0) is 36.3 Å². The molecule has 1 fully saturated rings. The zero-order valence-corrected chi connectivity index (χ0v) is 33.5. The summed E-state index contributed by atoms with van der Waals surface area (Å²) in [6.45, 7) is 29.1. The van der Waals surface area contributed by atoms with Crippen LogP contribution in [0.25, 0.3) is 4.65 Å². The molecule has 0 aromatic heterocycles. The van der Waals surface area contributed by atoms with Crippen LogP contribution in [0, 0.1) is 0 Å². The quantitative estimate of drug-likeness (QED) is 0.488. The minimum atomic E-state index is -0.542. The first-order chi connectivity index (χ1) is 17.7. The Morgan fingerprint density at radius 1 is 0.718 bits per heavy atom. The van der Waals surface area contributed by atoms with Gasteiger partial charge in [-0.05, 0) is 27.5 Å². The molecule has 2 rings (SSSR count). The molecule has 0 unspecified atom stereocenters. The van der Waals surface area contributed by atoms with Gasteiger partial charge < -0.3 is 33.6 Å². The Morgan fingerprint density at radius 3 is 1.46 bits per heavy atom. The largest absolute Gasteiger partial charge is 2.00 e. The van der Waals surface area contributed by atoms with Crippen molar-refractivity contribution in [2.75, 3.05) is 65.9 Å². The number of nitrogens with zero attached hydrogens (tertiary/aromatic N) is 1. The van der Waals surface area contributed by atoms with Crippen LogP contribution < -0.4 is 10.0 Å². The molecular formula is C29H57BaN2O5Si2+. The van der Waals surface area contributed by atoms with Crippen LogP contribution in [-0.4, -0.2) is 133 Å². The van der Waals surface area contributed by atoms with Crippen LogP contribution in [0.15, 0.2) is 12.1 Å². The number of hydrogen-bond acceptors (Lipinski definition) is 5. The second-order valence-electron chi connectivity index (χ2n) is 12.7. The van der Waals surface area contributed by atoms with Crippen molar-refractivity contribution < 1.29 is 29.0 Å². The average Bonchev–Trinajstić information content (AvgIpc) is 2.78. The van der Waals surface area contributed by atoms with E-state index in [1.807, 2.05) is 0 Å². The molecule has 0 radical (unpaired) electrons. The van der Waals surface area contributed by atoms with Crippen molar-refractivity contribution in [1.82, 2.24) is 0 Å². The molecule has 0 amide bonds. The van der Waals surface area contributed by atoms with E-state index in [0.29, 0.717) is 59.4 Å². The normalized spacial score (nSPS) is 17.5. The van der Waals surface area contributed by atoms with Crippen molar-refractivity contribution in [1.29, 1.82) is 0 Å². The average molecular weight is 707 g/mol. The maximum absolute atomic E-state index is 13.4. The molecule has 0 saturated carbocycles. The third-order valence-corrected chi connectivity index (χ3v) is 11.0. The Balaban J connectivity index is 0.00000159. The zero-order chi connectivity index (χ0) is 28.8. The Bertz CT molecular complexity index is 764. The fourth-order valence-electron chi connectivity index (χ4n) is 4.17. The molecule has 0 atom stereocenters. The van der Waals surface area contributed by atoms with E-state index in [4.69, 9.17) is 18.9 Å². The molecule has 1 aromatic carbocycles. The number of nitrogens with one attached hydrogen (secondary N) is 1. The molecule has 1 heterocycles. The van der Waals surface area contributed by atoms with Crippen molar-refractivity contribution >= 4 is 66.8 Å². The van der Waals surface area contributed by atoms with E-state index in [2.05, 4.69) is 84.5 Å². The van der Waals surface area contributed by atoms with E-state index in [1.165, 1.54) is 10.5 Å². The Hall–Kier alpha value is 0.785. The molecule has 1 aliphatic rings. The fraction of sp³-hybridized carbons (Fsp3) is 0.793. The summed E-state index contributed by atoms with van der Waals surface area (Å²) in [5, 5.41) is 13.4. The van der Waals surface area contributed by atoms with Gasteiger partial charge in [0.25, 0.3) is 0 Å². The molecule has 0 bridgehead atoms. The molecule has 0 spiro atoms. The predicted molar refractivity (Wildman–Crippen MR) is 168 cm³/mol. The summed E-state index contributed by atoms with van der Waals surface area (Å²) in [5.74, 6) is 0.174. The van der Waals surface area contributed by atoms with Crippen LogP contribution >= 0.6 is 0 Å². The van der Waals surface area contributed by atoms with Crippen molar-refractivity contribution in [2.24, 2.45) is 0 Å². The standard InChI is InChI=1S/C25H43NO5.C4H14NSi2.Ba/c1-24(2,3)21-17-20(23(27)22(18-21)25(4,5)6)19-26-7-9-28-11-13-30-15-16-31-14-12-29-10-8-26;1-6(2)5-7(3)4;/h17-18,27H,7-16,19H2,1-6H3;6-7H,1-4H3;/q;-1;+2. The van der Waals surface area contributed by atoms with Gasteiger partial charge in [0.15, 0.2) is 0 Å². The van der Waals surface area contributed by atoms with E-state index < -0.39 is 17.9 Å². The maximum atomic E-state index is 13.4. The maximum Gasteiger partial charge on any atom is 2.00 e. The molecular weight excluding hydrogens is 650 g/mol. The summed E-state index contributed by atoms with van der Waals surface area (Å²) >= 11 is 0. The van der Waals surface area contributed by atoms with E-state index in [9.17, 15) is 5.11 Å². The molecule has 7 nitrogen and oxygen atoms in total. The predicted octanol–water partition coefficient (Wildman–Crippen LogP) is 2.77. The van der Waals surface area contributed by atoms with Crippen LogP contribution in [0.4, 0.5) is 0 Å². The first-order valence-electron chi connectivity index (χ1n) is 14.4. The summed E-state index contributed by atoms with van der Waals surface area (Å²) in [6, 6.07) is 4.22. The van der Waals surface area contributed by atoms with Crippen molar-refractivity contribution in [2.45, 2.75) is 85.1 Å². The van der Waals surface area contributed by atoms with Crippen LogP contribution in [0.1, 0.15) is 58.2 Å². The number of hydrogen-bond donors (Lipinski definition) is 1. The van der Waals surface area contributed by atoms with Gasteiger partial charge in [0, 0.05) is 0 Å². The van der Waals surface area contributed by atoms with E-state index in [1.54, 1.807) is 0 Å². The molecule has 39 heavy (non-hydrogen) atoms. The first-order valence-corrected chi connectivity index (χ1v) is 20.1. The van der Waals surface area contributed by atoms with E-state index in [0.717, 1.165) is 24.2 Å². The van der Waals surface area contributed by atoms with Crippen molar-refractivity contribution in [3.05, 3.63) is 33.5 Å². The minimum Gasteiger partial charge on any atom is -0.872 e. The second-order valence-corrected chi connectivity index (χ2v) is 18.3. The first kappa shape index (κ1) is 39.8. The molecule has 222 valence electrons. The van der Waals surface area contributed by atoms with Gasteiger partial charge in [0.2, 0.25) is 0 Å². The van der Waals surface area contributed by atoms with Gasteiger partial charge in [0.05, 0.1) is 52.9 Å². The van der Waals surface area contributed by atoms with Crippen LogP contribution in [0.5, 0.6) is 5.75 Å². The summed E-state index contributed by atoms with van der Waals surface area (Å²) in [6.07, 6.45) is 0. The Morgan fingerprint density at radius 2 is 1.13 bits per heavy atom. The smallest absolute Gasteiger partial charge is 0.872 e. The second kappa shape index (κ2) is 20.6. The zero-order valence-electron chi connectivity index (χ0n) is 26.8. The topological polar surface area (TPSA) is 78.5 Å². The molecule has 1 saturated heterocycles. The number of benzene rings is 1. The monoisotopic (exact) mass is 707 g/mol. The number of rotatable bonds is 4.